The molecule has 0 aromatic heterocycles. The monoisotopic (exact) mass is 363 g/mol. The number of hydrogen-bond donors (Lipinski definition) is 1. The lowest BCUT2D eigenvalue weighted by atomic mass is 9.92. The molecule has 1 aromatic carbocycles. The molecule has 26 heavy (non-hydrogen) atoms. The van der Waals surface area contributed by atoms with Crippen molar-refractivity contribution in [3.8, 4) is 0 Å². The van der Waals surface area contributed by atoms with E-state index in [1.165, 1.54) is 12.1 Å². The van der Waals surface area contributed by atoms with Gasteiger partial charge in [-0.3, -0.25) is 0 Å². The van der Waals surface area contributed by atoms with E-state index >= 15 is 0 Å². The first kappa shape index (κ1) is 19.9. The Balaban J connectivity index is 1.97. The standard InChI is InChI=1S/C19H26N2O5/c1-5-13-12-21(18(23)26-19(2,3)4)11-10-16(13)25-17(22)14-6-8-15(20-24)9-7-14/h6-9,13,16H,5,10-12H2,1-4H3/p+1/t13-,16+/m0/s1. The number of nitroso groups, excluding NO2 is 1. The first-order chi connectivity index (χ1) is 12.2. The first-order valence-corrected chi connectivity index (χ1v) is 8.90. The average Bonchev–Trinajstić information content (AvgIpc) is 2.60. The minimum atomic E-state index is -0.535. The van der Waals surface area contributed by atoms with Gasteiger partial charge < -0.3 is 14.4 Å². The Labute approximate surface area is 153 Å². The molecule has 1 amide bonds. The average molecular weight is 363 g/mol. The van der Waals surface area contributed by atoms with Gasteiger partial charge in [0, 0.05) is 47.6 Å². The van der Waals surface area contributed by atoms with E-state index < -0.39 is 11.6 Å². The zero-order valence-corrected chi connectivity index (χ0v) is 15.8. The maximum Gasteiger partial charge on any atom is 0.410 e. The third kappa shape index (κ3) is 5.28. The van der Waals surface area contributed by atoms with Gasteiger partial charge in [0.2, 0.25) is 0 Å². The fourth-order valence-electron chi connectivity index (χ4n) is 2.93. The normalized spacial score (nSPS) is 20.4. The maximum atomic E-state index is 12.4. The second kappa shape index (κ2) is 8.29. The van der Waals surface area contributed by atoms with E-state index in [1.54, 1.807) is 22.2 Å². The molecule has 0 saturated carbocycles. The van der Waals surface area contributed by atoms with E-state index in [0.29, 0.717) is 30.8 Å². The second-order valence-electron chi connectivity index (χ2n) is 7.51. The van der Waals surface area contributed by atoms with E-state index in [1.807, 2.05) is 27.7 Å². The molecule has 1 aliphatic rings. The topological polar surface area (TPSA) is 86.9 Å². The number of esters is 1. The van der Waals surface area contributed by atoms with Gasteiger partial charge in [-0.15, -0.1) is 0 Å². The first-order valence-electron chi connectivity index (χ1n) is 8.90. The van der Waals surface area contributed by atoms with Gasteiger partial charge in [0.1, 0.15) is 11.7 Å². The summed E-state index contributed by atoms with van der Waals surface area (Å²) in [6, 6.07) is 6.18. The highest BCUT2D eigenvalue weighted by Crippen LogP contribution is 2.25. The number of rotatable bonds is 4. The predicted octanol–water partition coefficient (Wildman–Crippen LogP) is 2.36. The molecule has 2 rings (SSSR count). The van der Waals surface area contributed by atoms with Gasteiger partial charge in [0.05, 0.1) is 5.56 Å². The van der Waals surface area contributed by atoms with Crippen molar-refractivity contribution in [2.24, 2.45) is 5.92 Å². The van der Waals surface area contributed by atoms with Crippen LogP contribution in [0.2, 0.25) is 0 Å². The molecule has 0 spiro atoms. The number of carbonyl (C=O) groups is 2. The molecule has 1 saturated heterocycles. The summed E-state index contributed by atoms with van der Waals surface area (Å²) in [5, 5.41) is 1.77. The fourth-order valence-corrected chi connectivity index (χ4v) is 2.93. The highest BCUT2D eigenvalue weighted by atomic mass is 16.6. The zero-order valence-electron chi connectivity index (χ0n) is 15.8. The highest BCUT2D eigenvalue weighted by molar-refractivity contribution is 5.89. The summed E-state index contributed by atoms with van der Waals surface area (Å²) in [5.41, 5.74) is 0.250. The molecule has 0 bridgehead atoms. The van der Waals surface area contributed by atoms with Crippen LogP contribution < -0.4 is 5.18 Å². The number of nitrogens with one attached hydrogen (secondary N) is 1. The number of likely N-dealkylation sites (tertiary alicyclic amines) is 1. The Morgan fingerprint density at radius 2 is 1.88 bits per heavy atom. The van der Waals surface area contributed by atoms with Crippen LogP contribution in [0.1, 0.15) is 50.9 Å². The van der Waals surface area contributed by atoms with Crippen LogP contribution >= 0.6 is 0 Å². The van der Waals surface area contributed by atoms with Crippen molar-refractivity contribution in [3.05, 3.63) is 34.7 Å². The SMILES string of the molecule is CC[C@H]1CN(C(=O)OC(C)(C)C)CC[C@H]1OC(=O)c1ccc([NH+]=O)cc1. The van der Waals surface area contributed by atoms with Crippen molar-refractivity contribution in [2.45, 2.75) is 52.2 Å². The minimum absolute atomic E-state index is 0.0581. The fraction of sp³-hybridized carbons (Fsp3) is 0.579. The van der Waals surface area contributed by atoms with Crippen LogP contribution in [0.15, 0.2) is 24.3 Å². The molecular weight excluding hydrogens is 336 g/mol. The molecule has 142 valence electrons. The molecule has 1 aliphatic heterocycles. The quantitative estimate of drug-likeness (QED) is 0.830. The third-order valence-electron chi connectivity index (χ3n) is 4.34. The summed E-state index contributed by atoms with van der Waals surface area (Å²) >= 11 is 0. The van der Waals surface area contributed by atoms with Gasteiger partial charge in [-0.25, -0.2) is 9.59 Å². The van der Waals surface area contributed by atoms with Gasteiger partial charge in [0.25, 0.3) is 5.69 Å². The summed E-state index contributed by atoms with van der Waals surface area (Å²) in [6.07, 6.45) is 0.782. The number of nitrogens with zero attached hydrogens (tertiary/aromatic N) is 1. The largest absolute Gasteiger partial charge is 0.458 e. The number of ether oxygens (including phenoxy) is 2. The molecule has 1 aromatic rings. The number of amides is 1. The number of hydrogen-bond acceptors (Lipinski definition) is 5. The molecule has 0 radical (unpaired) electrons. The van der Waals surface area contributed by atoms with E-state index in [4.69, 9.17) is 9.47 Å². The molecule has 0 unspecified atom stereocenters. The Morgan fingerprint density at radius 3 is 2.42 bits per heavy atom. The van der Waals surface area contributed by atoms with Crippen LogP contribution in [0.3, 0.4) is 0 Å². The maximum absolute atomic E-state index is 12.4. The van der Waals surface area contributed by atoms with Crippen molar-refractivity contribution in [3.63, 3.8) is 0 Å². The van der Waals surface area contributed by atoms with E-state index in [2.05, 4.69) is 0 Å². The molecule has 7 nitrogen and oxygen atoms in total. The summed E-state index contributed by atoms with van der Waals surface area (Å²) in [7, 11) is 0. The third-order valence-corrected chi connectivity index (χ3v) is 4.34. The Morgan fingerprint density at radius 1 is 1.23 bits per heavy atom. The van der Waals surface area contributed by atoms with Gasteiger partial charge in [-0.2, -0.15) is 0 Å². The molecule has 2 atom stereocenters. The molecule has 1 N–H and O–H groups in total. The van der Waals surface area contributed by atoms with Crippen molar-refractivity contribution in [1.29, 1.82) is 0 Å². The van der Waals surface area contributed by atoms with E-state index in [-0.39, 0.29) is 18.1 Å². The van der Waals surface area contributed by atoms with Crippen LogP contribution in [0, 0.1) is 10.8 Å². The number of carbonyl (C=O) groups excluding carboxylic acids is 2. The molecule has 7 heteroatoms. The Bertz CT molecular complexity index is 651. The van der Waals surface area contributed by atoms with Crippen molar-refractivity contribution in [1.82, 2.24) is 4.90 Å². The Hall–Kier alpha value is -2.44. The summed E-state index contributed by atoms with van der Waals surface area (Å²) in [6.45, 7) is 8.52. The van der Waals surface area contributed by atoms with Gasteiger partial charge in [-0.1, -0.05) is 6.92 Å². The molecule has 1 heterocycles. The van der Waals surface area contributed by atoms with Gasteiger partial charge in [-0.05, 0) is 39.3 Å². The minimum Gasteiger partial charge on any atom is -0.458 e. The lowest BCUT2D eigenvalue weighted by molar-refractivity contribution is -0.379. The van der Waals surface area contributed by atoms with Gasteiger partial charge in [0.15, 0.2) is 0 Å². The van der Waals surface area contributed by atoms with Crippen molar-refractivity contribution < 1.29 is 24.2 Å². The molecule has 0 aliphatic carbocycles. The lowest BCUT2D eigenvalue weighted by Crippen LogP contribution is -2.55. The van der Waals surface area contributed by atoms with Crippen molar-refractivity contribution >= 4 is 17.7 Å². The number of piperidine rings is 1. The second-order valence-corrected chi connectivity index (χ2v) is 7.51. The summed E-state index contributed by atoms with van der Waals surface area (Å²) < 4.78 is 11.1. The smallest absolute Gasteiger partial charge is 0.410 e. The van der Waals surface area contributed by atoms with Crippen LogP contribution in [0.5, 0.6) is 0 Å². The van der Waals surface area contributed by atoms with Crippen molar-refractivity contribution in [2.75, 3.05) is 13.1 Å². The Kier molecular flexibility index (Phi) is 6.34. The zero-order chi connectivity index (χ0) is 19.3. The molecular formula is C19H27N2O5+. The van der Waals surface area contributed by atoms with Gasteiger partial charge >= 0.3 is 12.1 Å². The molecule has 1 fully saturated rings. The van der Waals surface area contributed by atoms with E-state index in [0.717, 1.165) is 6.42 Å². The van der Waals surface area contributed by atoms with Crippen LogP contribution in [0.25, 0.3) is 0 Å². The summed E-state index contributed by atoms with van der Waals surface area (Å²) in [5.74, 6) is -0.362. The highest BCUT2D eigenvalue weighted by Gasteiger charge is 2.34. The predicted molar refractivity (Wildman–Crippen MR) is 95.8 cm³/mol. The van der Waals surface area contributed by atoms with Crippen LogP contribution in [0.4, 0.5) is 10.5 Å². The van der Waals surface area contributed by atoms with Crippen LogP contribution in [-0.2, 0) is 9.47 Å². The number of benzene rings is 1. The van der Waals surface area contributed by atoms with E-state index in [9.17, 15) is 14.5 Å². The lowest BCUT2D eigenvalue weighted by Gasteiger charge is -2.38. The van der Waals surface area contributed by atoms with Crippen LogP contribution in [-0.4, -0.2) is 41.8 Å². The summed E-state index contributed by atoms with van der Waals surface area (Å²) in [4.78, 5) is 36.9.